The molecule has 2 amide bonds. The molecule has 3 aromatic rings. The maximum atomic E-state index is 13.3. The van der Waals surface area contributed by atoms with Crippen LogP contribution in [0.15, 0.2) is 71.0 Å². The van der Waals surface area contributed by atoms with Crippen LogP contribution < -0.4 is 5.32 Å². The van der Waals surface area contributed by atoms with E-state index in [-0.39, 0.29) is 11.8 Å². The fraction of sp³-hybridized carbons (Fsp3) is 0.136. The number of nitrogens with zero attached hydrogens (tertiary/aromatic N) is 2. The zero-order chi connectivity index (χ0) is 20.9. The van der Waals surface area contributed by atoms with Crippen molar-refractivity contribution in [3.05, 3.63) is 81.5 Å². The molecule has 2 heterocycles. The lowest BCUT2D eigenvalue weighted by molar-refractivity contribution is 0.0848. The first-order chi connectivity index (χ1) is 14.6. The number of amidine groups is 1. The molecule has 1 saturated heterocycles. The quantitative estimate of drug-likeness (QED) is 0.531. The minimum absolute atomic E-state index is 0.167. The zero-order valence-corrected chi connectivity index (χ0v) is 18.3. The second-order valence-corrected chi connectivity index (χ2v) is 8.93. The lowest BCUT2D eigenvalue weighted by Gasteiger charge is -2.28. The topological polar surface area (TPSA) is 61.8 Å². The maximum absolute atomic E-state index is 13.3. The minimum atomic E-state index is -0.253. The van der Waals surface area contributed by atoms with E-state index in [0.717, 1.165) is 17.9 Å². The van der Waals surface area contributed by atoms with E-state index >= 15 is 0 Å². The fourth-order valence-electron chi connectivity index (χ4n) is 2.96. The van der Waals surface area contributed by atoms with Crippen molar-refractivity contribution in [3.8, 4) is 0 Å². The molecule has 8 heteroatoms. The molecule has 1 aliphatic heterocycles. The summed E-state index contributed by atoms with van der Waals surface area (Å²) in [5.41, 5.74) is 1.66. The number of thioether (sulfide) groups is 1. The highest BCUT2D eigenvalue weighted by molar-refractivity contribution is 8.13. The standard InChI is InChI=1S/C22H18ClN3O2S2/c23-17-10-9-15(14-18(17)25-20(27)19-8-4-12-29-19)21(28)26-11-5-13-30-22(26)24-16-6-2-1-3-7-16/h1-4,6-10,12,14H,5,11,13H2,(H,25,27). The third-order valence-electron chi connectivity index (χ3n) is 4.42. The molecule has 0 radical (unpaired) electrons. The lowest BCUT2D eigenvalue weighted by Crippen LogP contribution is -2.39. The van der Waals surface area contributed by atoms with Crippen molar-refractivity contribution in [1.29, 1.82) is 0 Å². The van der Waals surface area contributed by atoms with Crippen molar-refractivity contribution in [2.75, 3.05) is 17.6 Å². The van der Waals surface area contributed by atoms with Crippen LogP contribution in [0.5, 0.6) is 0 Å². The van der Waals surface area contributed by atoms with Gasteiger partial charge in [-0.15, -0.1) is 11.3 Å². The summed E-state index contributed by atoms with van der Waals surface area (Å²) in [5, 5.41) is 5.68. The Hall–Kier alpha value is -2.61. The molecule has 1 aromatic heterocycles. The van der Waals surface area contributed by atoms with E-state index in [2.05, 4.69) is 10.3 Å². The van der Waals surface area contributed by atoms with Gasteiger partial charge in [-0.3, -0.25) is 14.5 Å². The summed E-state index contributed by atoms with van der Waals surface area (Å²) in [6, 6.07) is 18.0. The number of aliphatic imine (C=N–C) groups is 1. The van der Waals surface area contributed by atoms with Crippen molar-refractivity contribution in [2.24, 2.45) is 4.99 Å². The number of thiophene rings is 1. The maximum Gasteiger partial charge on any atom is 0.265 e. The lowest BCUT2D eigenvalue weighted by atomic mass is 10.1. The van der Waals surface area contributed by atoms with Gasteiger partial charge in [0.2, 0.25) is 0 Å². The molecule has 4 rings (SSSR count). The molecular formula is C22H18ClN3O2S2. The van der Waals surface area contributed by atoms with E-state index in [1.807, 2.05) is 41.8 Å². The Labute approximate surface area is 187 Å². The van der Waals surface area contributed by atoms with E-state index in [9.17, 15) is 9.59 Å². The van der Waals surface area contributed by atoms with Crippen LogP contribution in [0.3, 0.4) is 0 Å². The van der Waals surface area contributed by atoms with Crippen LogP contribution in [-0.2, 0) is 0 Å². The van der Waals surface area contributed by atoms with Crippen molar-refractivity contribution < 1.29 is 9.59 Å². The van der Waals surface area contributed by atoms with Crippen molar-refractivity contribution in [2.45, 2.75) is 6.42 Å². The van der Waals surface area contributed by atoms with E-state index in [1.165, 1.54) is 11.3 Å². The van der Waals surface area contributed by atoms with E-state index in [4.69, 9.17) is 11.6 Å². The monoisotopic (exact) mass is 455 g/mol. The Bertz CT molecular complexity index is 1090. The molecule has 0 atom stereocenters. The highest BCUT2D eigenvalue weighted by Crippen LogP contribution is 2.28. The van der Waals surface area contributed by atoms with Crippen LogP contribution in [0.2, 0.25) is 5.02 Å². The summed E-state index contributed by atoms with van der Waals surface area (Å²) in [5.74, 6) is 0.495. The molecular weight excluding hydrogens is 438 g/mol. The number of carbonyl (C=O) groups excluding carboxylic acids is 2. The van der Waals surface area contributed by atoms with Gasteiger partial charge in [-0.25, -0.2) is 4.99 Å². The van der Waals surface area contributed by atoms with Crippen LogP contribution in [-0.4, -0.2) is 34.2 Å². The molecule has 1 N–H and O–H groups in total. The van der Waals surface area contributed by atoms with Gasteiger partial charge in [0.15, 0.2) is 5.17 Å². The Kier molecular flexibility index (Phi) is 6.52. The van der Waals surface area contributed by atoms with Crippen LogP contribution in [0.1, 0.15) is 26.5 Å². The first kappa shape index (κ1) is 20.7. The number of hydrogen-bond acceptors (Lipinski definition) is 5. The summed E-state index contributed by atoms with van der Waals surface area (Å²) in [6.45, 7) is 0.594. The van der Waals surface area contributed by atoms with Crippen LogP contribution in [0.4, 0.5) is 11.4 Å². The summed E-state index contributed by atoms with van der Waals surface area (Å²) in [4.78, 5) is 32.6. The van der Waals surface area contributed by atoms with Gasteiger partial charge in [0.05, 0.1) is 21.3 Å². The summed E-state index contributed by atoms with van der Waals surface area (Å²) >= 11 is 9.17. The largest absolute Gasteiger partial charge is 0.320 e. The fourth-order valence-corrected chi connectivity index (χ4v) is 4.70. The smallest absolute Gasteiger partial charge is 0.265 e. The molecule has 0 saturated carbocycles. The molecule has 0 spiro atoms. The predicted molar refractivity (Wildman–Crippen MR) is 125 cm³/mol. The molecule has 5 nitrogen and oxygen atoms in total. The van der Waals surface area contributed by atoms with Crippen LogP contribution in [0, 0.1) is 0 Å². The van der Waals surface area contributed by atoms with E-state index < -0.39 is 0 Å². The highest BCUT2D eigenvalue weighted by atomic mass is 35.5. The number of benzene rings is 2. The summed E-state index contributed by atoms with van der Waals surface area (Å²) in [6.07, 6.45) is 0.889. The molecule has 0 unspecified atom stereocenters. The van der Waals surface area contributed by atoms with Crippen molar-refractivity contribution >= 4 is 63.1 Å². The first-order valence-electron chi connectivity index (χ1n) is 9.34. The highest BCUT2D eigenvalue weighted by Gasteiger charge is 2.25. The van der Waals surface area contributed by atoms with Crippen LogP contribution in [0.25, 0.3) is 0 Å². The average molecular weight is 456 g/mol. The SMILES string of the molecule is O=C(Nc1cc(C(=O)N2CCCSC2=Nc2ccccc2)ccc1Cl)c1cccs1. The van der Waals surface area contributed by atoms with Gasteiger partial charge in [0.25, 0.3) is 11.8 Å². The first-order valence-corrected chi connectivity index (χ1v) is 11.6. The van der Waals surface area contributed by atoms with Gasteiger partial charge >= 0.3 is 0 Å². The number of rotatable bonds is 4. The Balaban J connectivity index is 1.59. The number of halogens is 1. The number of nitrogens with one attached hydrogen (secondary N) is 1. The number of carbonyl (C=O) groups is 2. The molecule has 152 valence electrons. The molecule has 2 aromatic carbocycles. The van der Waals surface area contributed by atoms with Crippen LogP contribution >= 0.6 is 34.7 Å². The Morgan fingerprint density at radius 3 is 2.67 bits per heavy atom. The number of hydrogen-bond donors (Lipinski definition) is 1. The second-order valence-electron chi connectivity index (χ2n) is 6.51. The van der Waals surface area contributed by atoms with Gasteiger partial charge < -0.3 is 5.32 Å². The van der Waals surface area contributed by atoms with Gasteiger partial charge in [-0.2, -0.15) is 0 Å². The van der Waals surface area contributed by atoms with Gasteiger partial charge in [-0.1, -0.05) is 47.6 Å². The molecule has 30 heavy (non-hydrogen) atoms. The van der Waals surface area contributed by atoms with E-state index in [1.54, 1.807) is 40.9 Å². The molecule has 1 fully saturated rings. The minimum Gasteiger partial charge on any atom is -0.320 e. The average Bonchev–Trinajstić information content (AvgIpc) is 3.31. The molecule has 0 bridgehead atoms. The van der Waals surface area contributed by atoms with Crippen molar-refractivity contribution in [1.82, 2.24) is 4.90 Å². The molecule has 1 aliphatic rings. The predicted octanol–water partition coefficient (Wildman–Crippen LogP) is 5.92. The third kappa shape index (κ3) is 4.75. The van der Waals surface area contributed by atoms with Gasteiger partial charge in [0, 0.05) is 17.9 Å². The van der Waals surface area contributed by atoms with Crippen molar-refractivity contribution in [3.63, 3.8) is 0 Å². The number of amides is 2. The Morgan fingerprint density at radius 2 is 1.90 bits per heavy atom. The Morgan fingerprint density at radius 1 is 1.07 bits per heavy atom. The van der Waals surface area contributed by atoms with E-state index in [0.29, 0.717) is 32.9 Å². The summed E-state index contributed by atoms with van der Waals surface area (Å²) < 4.78 is 0. The summed E-state index contributed by atoms with van der Waals surface area (Å²) in [7, 11) is 0. The number of anilines is 1. The zero-order valence-electron chi connectivity index (χ0n) is 15.9. The third-order valence-corrected chi connectivity index (χ3v) is 6.68. The van der Waals surface area contributed by atoms with Gasteiger partial charge in [-0.05, 0) is 48.2 Å². The normalized spacial score (nSPS) is 15.2. The second kappa shape index (κ2) is 9.47. The van der Waals surface area contributed by atoms with Gasteiger partial charge in [0.1, 0.15) is 0 Å². The number of para-hydroxylation sites is 1. The molecule has 0 aliphatic carbocycles.